The Morgan fingerprint density at radius 2 is 2.07 bits per heavy atom. The normalized spacial score (nSPS) is 15.9. The van der Waals surface area contributed by atoms with Crippen LogP contribution in [0.3, 0.4) is 0 Å². The van der Waals surface area contributed by atoms with Gasteiger partial charge in [0, 0.05) is 31.7 Å². The van der Waals surface area contributed by atoms with Crippen LogP contribution in [0.4, 0.5) is 24.7 Å². The molecule has 30 heavy (non-hydrogen) atoms. The molecular formula is C19H20F3N7O. The molecule has 1 amide bonds. The molecule has 3 heterocycles. The van der Waals surface area contributed by atoms with Gasteiger partial charge in [-0.05, 0) is 18.8 Å². The van der Waals surface area contributed by atoms with Crippen LogP contribution < -0.4 is 5.32 Å². The molecule has 0 spiro atoms. The van der Waals surface area contributed by atoms with Crippen molar-refractivity contribution in [2.45, 2.75) is 38.3 Å². The summed E-state index contributed by atoms with van der Waals surface area (Å²) in [7, 11) is 1.35. The number of hydrogen-bond acceptors (Lipinski definition) is 5. The third-order valence-electron chi connectivity index (χ3n) is 5.01. The van der Waals surface area contributed by atoms with E-state index in [0.29, 0.717) is 11.7 Å². The van der Waals surface area contributed by atoms with Crippen LogP contribution in [0.15, 0.2) is 29.6 Å². The number of nitrogens with zero attached hydrogens (tertiary/aromatic N) is 6. The van der Waals surface area contributed by atoms with Crippen molar-refractivity contribution in [1.82, 2.24) is 24.4 Å². The fraction of sp³-hybridized carbons (Fsp3) is 0.421. The van der Waals surface area contributed by atoms with Crippen LogP contribution in [-0.2, 0) is 13.2 Å². The largest absolute Gasteiger partial charge is 0.437 e. The van der Waals surface area contributed by atoms with E-state index in [1.807, 2.05) is 6.21 Å². The molecule has 8 nitrogen and oxygen atoms in total. The molecule has 11 heteroatoms. The number of hydrogen-bond donors (Lipinski definition) is 1. The fourth-order valence-corrected chi connectivity index (χ4v) is 3.54. The number of rotatable bonds is 4. The van der Waals surface area contributed by atoms with Crippen LogP contribution in [0.1, 0.15) is 48.2 Å². The molecule has 3 aromatic heterocycles. The molecule has 0 radical (unpaired) electrons. The quantitative estimate of drug-likeness (QED) is 0.647. The van der Waals surface area contributed by atoms with Gasteiger partial charge < -0.3 is 5.32 Å². The van der Waals surface area contributed by atoms with E-state index in [1.165, 1.54) is 37.0 Å². The SMILES string of the molecule is Cn1cc(NC(=O)c2cnn3ccc(N=CC4CCCCC4)nc23)c(C(F)(F)F)n1. The zero-order valence-electron chi connectivity index (χ0n) is 16.2. The molecule has 1 fully saturated rings. The highest BCUT2D eigenvalue weighted by Crippen LogP contribution is 2.33. The lowest BCUT2D eigenvalue weighted by atomic mass is 9.90. The molecule has 0 unspecified atom stereocenters. The summed E-state index contributed by atoms with van der Waals surface area (Å²) in [6, 6.07) is 1.67. The maximum atomic E-state index is 13.1. The maximum absolute atomic E-state index is 13.1. The third kappa shape index (κ3) is 4.19. The Hall–Kier alpha value is -3.24. The van der Waals surface area contributed by atoms with Crippen LogP contribution in [0, 0.1) is 5.92 Å². The Kier molecular flexibility index (Phi) is 5.27. The first-order valence-corrected chi connectivity index (χ1v) is 9.62. The number of halogens is 3. The van der Waals surface area contributed by atoms with Crippen molar-refractivity contribution in [2.75, 3.05) is 5.32 Å². The third-order valence-corrected chi connectivity index (χ3v) is 5.01. The molecule has 1 N–H and O–H groups in total. The summed E-state index contributed by atoms with van der Waals surface area (Å²) in [5.74, 6) is 0.0696. The minimum atomic E-state index is -4.69. The van der Waals surface area contributed by atoms with Gasteiger partial charge in [0.05, 0.1) is 11.9 Å². The zero-order valence-corrected chi connectivity index (χ0v) is 16.2. The summed E-state index contributed by atoms with van der Waals surface area (Å²) < 4.78 is 41.7. The summed E-state index contributed by atoms with van der Waals surface area (Å²) in [5, 5.41) is 9.69. The van der Waals surface area contributed by atoms with Gasteiger partial charge in [0.15, 0.2) is 17.2 Å². The predicted octanol–water partition coefficient (Wildman–Crippen LogP) is 4.02. The number of carbonyl (C=O) groups is 1. The van der Waals surface area contributed by atoms with Gasteiger partial charge in [-0.25, -0.2) is 14.5 Å². The summed E-state index contributed by atoms with van der Waals surface area (Å²) in [6.45, 7) is 0. The average molecular weight is 419 g/mol. The van der Waals surface area contributed by atoms with E-state index in [2.05, 4.69) is 25.5 Å². The number of aryl methyl sites for hydroxylation is 1. The first kappa shape index (κ1) is 20.0. The first-order valence-electron chi connectivity index (χ1n) is 9.62. The number of carbonyl (C=O) groups excluding carboxylic acids is 1. The number of nitrogens with one attached hydrogen (secondary N) is 1. The van der Waals surface area contributed by atoms with Crippen molar-refractivity contribution in [2.24, 2.45) is 18.0 Å². The van der Waals surface area contributed by atoms with Gasteiger partial charge in [0.25, 0.3) is 5.91 Å². The van der Waals surface area contributed by atoms with E-state index in [0.717, 1.165) is 23.7 Å². The predicted molar refractivity (Wildman–Crippen MR) is 104 cm³/mol. The Bertz CT molecular complexity index is 1090. The molecule has 4 rings (SSSR count). The molecule has 0 bridgehead atoms. The van der Waals surface area contributed by atoms with Gasteiger partial charge in [-0.3, -0.25) is 9.48 Å². The number of fused-ring (bicyclic) bond motifs is 1. The molecule has 3 aromatic rings. The summed E-state index contributed by atoms with van der Waals surface area (Å²) in [6.07, 6.45) is 6.97. The highest BCUT2D eigenvalue weighted by molar-refractivity contribution is 6.08. The van der Waals surface area contributed by atoms with Crippen molar-refractivity contribution in [3.05, 3.63) is 35.9 Å². The second-order valence-electron chi connectivity index (χ2n) is 7.31. The van der Waals surface area contributed by atoms with Crippen molar-refractivity contribution < 1.29 is 18.0 Å². The molecular weight excluding hydrogens is 399 g/mol. The van der Waals surface area contributed by atoms with E-state index in [4.69, 9.17) is 0 Å². The number of aliphatic imine (C=N–C) groups is 1. The van der Waals surface area contributed by atoms with E-state index < -0.39 is 23.5 Å². The average Bonchev–Trinajstić information content (AvgIpc) is 3.30. The topological polar surface area (TPSA) is 89.5 Å². The molecule has 0 atom stereocenters. The van der Waals surface area contributed by atoms with Crippen molar-refractivity contribution in [1.29, 1.82) is 0 Å². The van der Waals surface area contributed by atoms with Gasteiger partial charge in [-0.1, -0.05) is 19.3 Å². The van der Waals surface area contributed by atoms with Gasteiger partial charge in [-0.2, -0.15) is 23.4 Å². The van der Waals surface area contributed by atoms with Crippen LogP contribution >= 0.6 is 0 Å². The van der Waals surface area contributed by atoms with Gasteiger partial charge in [-0.15, -0.1) is 0 Å². The molecule has 0 aliphatic heterocycles. The van der Waals surface area contributed by atoms with Gasteiger partial charge in [0.1, 0.15) is 5.56 Å². The van der Waals surface area contributed by atoms with Crippen molar-refractivity contribution >= 4 is 29.3 Å². The Balaban J connectivity index is 1.58. The summed E-state index contributed by atoms with van der Waals surface area (Å²) in [5.41, 5.74) is -1.34. The van der Waals surface area contributed by atoms with Crippen LogP contribution in [-0.4, -0.2) is 36.5 Å². The van der Waals surface area contributed by atoms with E-state index in [1.54, 1.807) is 12.3 Å². The molecule has 1 aliphatic carbocycles. The standard InChI is InChI=1S/C19H20F3N7O/c1-28-11-14(16(27-28)19(20,21)22)25-18(30)13-10-24-29-8-7-15(26-17(13)29)23-9-12-5-3-2-4-6-12/h7-12H,2-6H2,1H3,(H,25,30). The lowest BCUT2D eigenvalue weighted by Gasteiger charge is -2.16. The molecule has 0 saturated heterocycles. The number of anilines is 1. The highest BCUT2D eigenvalue weighted by atomic mass is 19.4. The van der Waals surface area contributed by atoms with Crippen LogP contribution in [0.25, 0.3) is 5.65 Å². The van der Waals surface area contributed by atoms with E-state index >= 15 is 0 Å². The second kappa shape index (κ2) is 7.88. The van der Waals surface area contributed by atoms with Gasteiger partial charge in [0.2, 0.25) is 0 Å². The molecule has 1 aliphatic rings. The van der Waals surface area contributed by atoms with Gasteiger partial charge >= 0.3 is 6.18 Å². The smallest absolute Gasteiger partial charge is 0.319 e. The minimum absolute atomic E-state index is 0.0432. The van der Waals surface area contributed by atoms with Crippen molar-refractivity contribution in [3.63, 3.8) is 0 Å². The number of amides is 1. The monoisotopic (exact) mass is 419 g/mol. The van der Waals surface area contributed by atoms with Crippen LogP contribution in [0.2, 0.25) is 0 Å². The fourth-order valence-electron chi connectivity index (χ4n) is 3.54. The molecule has 158 valence electrons. The Labute approximate surface area is 169 Å². The molecule has 1 saturated carbocycles. The lowest BCUT2D eigenvalue weighted by Crippen LogP contribution is -2.16. The first-order chi connectivity index (χ1) is 14.3. The highest BCUT2D eigenvalue weighted by Gasteiger charge is 2.37. The summed E-state index contributed by atoms with van der Waals surface area (Å²) >= 11 is 0. The minimum Gasteiger partial charge on any atom is -0.319 e. The lowest BCUT2D eigenvalue weighted by molar-refractivity contribution is -0.140. The van der Waals surface area contributed by atoms with E-state index in [9.17, 15) is 18.0 Å². The van der Waals surface area contributed by atoms with E-state index in [-0.39, 0.29) is 11.2 Å². The van der Waals surface area contributed by atoms with Crippen LogP contribution in [0.5, 0.6) is 0 Å². The Morgan fingerprint density at radius 1 is 1.30 bits per heavy atom. The number of alkyl halides is 3. The molecule has 0 aromatic carbocycles. The second-order valence-corrected chi connectivity index (χ2v) is 7.31. The van der Waals surface area contributed by atoms with Crippen molar-refractivity contribution in [3.8, 4) is 0 Å². The maximum Gasteiger partial charge on any atom is 0.437 e. The number of aromatic nitrogens is 5. The zero-order chi connectivity index (χ0) is 21.3. The Morgan fingerprint density at radius 3 is 2.80 bits per heavy atom. The summed E-state index contributed by atoms with van der Waals surface area (Å²) in [4.78, 5) is 21.4.